The highest BCUT2D eigenvalue weighted by atomic mass is 32.2. The van der Waals surface area contributed by atoms with Crippen LogP contribution < -0.4 is 5.32 Å². The van der Waals surface area contributed by atoms with Gasteiger partial charge in [0.05, 0.1) is 12.2 Å². The van der Waals surface area contributed by atoms with Crippen molar-refractivity contribution in [1.82, 2.24) is 10.2 Å². The minimum Gasteiger partial charge on any atom is -0.480 e. The molecule has 3 atom stereocenters. The van der Waals surface area contributed by atoms with Gasteiger partial charge >= 0.3 is 5.97 Å². The molecule has 0 bridgehead atoms. The smallest absolute Gasteiger partial charge is 0.326 e. The van der Waals surface area contributed by atoms with E-state index in [1.165, 1.54) is 18.0 Å². The first-order valence-corrected chi connectivity index (χ1v) is 8.81. The summed E-state index contributed by atoms with van der Waals surface area (Å²) in [6, 6.07) is 1.03. The monoisotopic (exact) mass is 341 g/mol. The number of carboxylic acids is 1. The number of nitrogens with one attached hydrogen (secondary N) is 1. The topological polar surface area (TPSA) is 103 Å². The van der Waals surface area contributed by atoms with Crippen LogP contribution in [0, 0.1) is 11.3 Å². The Bertz CT molecular complexity index is 493. The third kappa shape index (κ3) is 6.12. The van der Waals surface area contributed by atoms with Gasteiger partial charge in [0.2, 0.25) is 0 Å². The molecule has 7 nitrogen and oxygen atoms in total. The van der Waals surface area contributed by atoms with Gasteiger partial charge < -0.3 is 20.1 Å². The summed E-state index contributed by atoms with van der Waals surface area (Å²) in [6.07, 6.45) is 3.32. The number of hydrogen-bond acceptors (Lipinski definition) is 6. The number of nitrogens with zero attached hydrogens (tertiary/aromatic N) is 2. The van der Waals surface area contributed by atoms with Gasteiger partial charge in [-0.2, -0.15) is 17.0 Å². The van der Waals surface area contributed by atoms with E-state index in [0.29, 0.717) is 25.3 Å². The Morgan fingerprint density at radius 1 is 1.48 bits per heavy atom. The van der Waals surface area contributed by atoms with E-state index in [1.54, 1.807) is 4.90 Å². The molecule has 1 fully saturated rings. The molecule has 0 aromatic rings. The van der Waals surface area contributed by atoms with Crippen LogP contribution in [0.3, 0.4) is 0 Å². The van der Waals surface area contributed by atoms with Crippen molar-refractivity contribution in [2.24, 2.45) is 0 Å². The van der Waals surface area contributed by atoms with Crippen molar-refractivity contribution in [1.29, 1.82) is 5.26 Å². The first-order chi connectivity index (χ1) is 10.9. The molecule has 0 radical (unpaired) electrons. The Morgan fingerprint density at radius 3 is 2.57 bits per heavy atom. The average Bonchev–Trinajstić information content (AvgIpc) is 2.49. The van der Waals surface area contributed by atoms with E-state index in [9.17, 15) is 14.9 Å². The Kier molecular flexibility index (Phi) is 7.92. The maximum atomic E-state index is 12.4. The number of amides is 1. The van der Waals surface area contributed by atoms with Crippen LogP contribution in [0.1, 0.15) is 20.3 Å². The molecule has 1 heterocycles. The zero-order valence-corrected chi connectivity index (χ0v) is 14.4. The predicted molar refractivity (Wildman–Crippen MR) is 87.8 cm³/mol. The number of ether oxygens (including phenoxy) is 1. The number of nitriles is 1. The Labute approximate surface area is 140 Å². The van der Waals surface area contributed by atoms with Gasteiger partial charge in [0.25, 0.3) is 5.91 Å². The van der Waals surface area contributed by atoms with Gasteiger partial charge in [-0.05, 0) is 32.3 Å². The number of carboxylic acid groups (broad SMARTS) is 1. The van der Waals surface area contributed by atoms with Crippen LogP contribution in [-0.2, 0) is 14.3 Å². The fraction of sp³-hybridized carbons (Fsp3) is 0.667. The third-order valence-corrected chi connectivity index (χ3v) is 4.04. The second-order valence-corrected chi connectivity index (χ2v) is 6.46. The van der Waals surface area contributed by atoms with Crippen LogP contribution in [0.15, 0.2) is 11.8 Å². The minimum absolute atomic E-state index is 0.0936. The van der Waals surface area contributed by atoms with Crippen molar-refractivity contribution in [2.75, 3.05) is 25.1 Å². The summed E-state index contributed by atoms with van der Waals surface area (Å²) in [7, 11) is 0. The number of rotatable bonds is 7. The first-order valence-electron chi connectivity index (χ1n) is 7.41. The number of morpholine rings is 1. The lowest BCUT2D eigenvalue weighted by Crippen LogP contribution is -2.48. The van der Waals surface area contributed by atoms with Gasteiger partial charge in [-0.3, -0.25) is 4.79 Å². The third-order valence-electron chi connectivity index (χ3n) is 3.40. The lowest BCUT2D eigenvalue weighted by atomic mass is 10.2. The molecule has 0 aromatic carbocycles. The Hall–Kier alpha value is -1.72. The van der Waals surface area contributed by atoms with E-state index < -0.39 is 17.9 Å². The highest BCUT2D eigenvalue weighted by Crippen LogP contribution is 2.13. The molecule has 23 heavy (non-hydrogen) atoms. The maximum Gasteiger partial charge on any atom is 0.326 e. The number of aliphatic carboxylic acids is 1. The minimum atomic E-state index is -1.01. The molecular formula is C15H23N3O4S. The van der Waals surface area contributed by atoms with E-state index >= 15 is 0 Å². The molecule has 0 saturated carbocycles. The second kappa shape index (κ2) is 9.43. The predicted octanol–water partition coefficient (Wildman–Crippen LogP) is 0.826. The van der Waals surface area contributed by atoms with Crippen LogP contribution in [0.4, 0.5) is 0 Å². The average molecular weight is 341 g/mol. The molecule has 128 valence electrons. The summed E-state index contributed by atoms with van der Waals surface area (Å²) in [5, 5.41) is 21.0. The fourth-order valence-corrected chi connectivity index (χ4v) is 2.83. The first kappa shape index (κ1) is 19.3. The lowest BCUT2D eigenvalue weighted by molar-refractivity contribution is -0.140. The van der Waals surface area contributed by atoms with Crippen LogP contribution in [-0.4, -0.2) is 65.2 Å². The van der Waals surface area contributed by atoms with Crippen LogP contribution in [0.2, 0.25) is 0 Å². The van der Waals surface area contributed by atoms with Crippen LogP contribution >= 0.6 is 11.8 Å². The number of thioether (sulfide) groups is 1. The highest BCUT2D eigenvalue weighted by Gasteiger charge is 2.28. The molecule has 1 aliphatic rings. The van der Waals surface area contributed by atoms with Crippen molar-refractivity contribution in [3.05, 3.63) is 11.8 Å². The number of carbonyl (C=O) groups excluding carboxylic acids is 1. The van der Waals surface area contributed by atoms with E-state index in [-0.39, 0.29) is 17.8 Å². The van der Waals surface area contributed by atoms with Gasteiger partial charge in [-0.1, -0.05) is 0 Å². The molecule has 0 aromatic heterocycles. The molecule has 0 spiro atoms. The van der Waals surface area contributed by atoms with Crippen LogP contribution in [0.25, 0.3) is 0 Å². The van der Waals surface area contributed by atoms with Crippen LogP contribution in [0.5, 0.6) is 0 Å². The zero-order chi connectivity index (χ0) is 17.4. The molecule has 1 saturated heterocycles. The molecule has 8 heteroatoms. The number of carbonyl (C=O) groups is 2. The van der Waals surface area contributed by atoms with Gasteiger partial charge in [0, 0.05) is 19.3 Å². The largest absolute Gasteiger partial charge is 0.480 e. The Morgan fingerprint density at radius 2 is 2.09 bits per heavy atom. The summed E-state index contributed by atoms with van der Waals surface area (Å²) in [5.74, 6) is -0.740. The highest BCUT2D eigenvalue weighted by molar-refractivity contribution is 7.98. The van der Waals surface area contributed by atoms with E-state index in [2.05, 4.69) is 5.32 Å². The lowest BCUT2D eigenvalue weighted by Gasteiger charge is -2.35. The maximum absolute atomic E-state index is 12.4. The van der Waals surface area contributed by atoms with Gasteiger partial charge in [-0.25, -0.2) is 4.79 Å². The summed E-state index contributed by atoms with van der Waals surface area (Å²) >= 11 is 1.54. The van der Waals surface area contributed by atoms with Gasteiger partial charge in [-0.15, -0.1) is 0 Å². The normalized spacial score (nSPS) is 23.0. The van der Waals surface area contributed by atoms with E-state index in [4.69, 9.17) is 9.84 Å². The van der Waals surface area contributed by atoms with Crippen molar-refractivity contribution in [2.45, 2.75) is 38.5 Å². The summed E-state index contributed by atoms with van der Waals surface area (Å²) in [5.41, 5.74) is -0.0956. The SMILES string of the molecule is CSCCC(N/C=C(/C#N)C(=O)N1CC(C)OC(C)C1)C(=O)O. The summed E-state index contributed by atoms with van der Waals surface area (Å²) in [4.78, 5) is 25.1. The van der Waals surface area contributed by atoms with Crippen molar-refractivity contribution in [3.8, 4) is 6.07 Å². The molecule has 1 aliphatic heterocycles. The summed E-state index contributed by atoms with van der Waals surface area (Å²) < 4.78 is 5.56. The molecule has 2 N–H and O–H groups in total. The van der Waals surface area contributed by atoms with Crippen molar-refractivity contribution < 1.29 is 19.4 Å². The van der Waals surface area contributed by atoms with Crippen molar-refractivity contribution in [3.63, 3.8) is 0 Å². The Balaban J connectivity index is 2.75. The molecule has 3 unspecified atom stereocenters. The molecule has 1 amide bonds. The summed E-state index contributed by atoms with van der Waals surface area (Å²) in [6.45, 7) is 4.56. The van der Waals surface area contributed by atoms with E-state index in [0.717, 1.165) is 0 Å². The molecule has 1 rings (SSSR count). The molecular weight excluding hydrogens is 318 g/mol. The van der Waals surface area contributed by atoms with Gasteiger partial charge in [0.15, 0.2) is 0 Å². The number of hydrogen-bond donors (Lipinski definition) is 2. The quantitative estimate of drug-likeness (QED) is 0.522. The van der Waals surface area contributed by atoms with Crippen molar-refractivity contribution >= 4 is 23.6 Å². The fourth-order valence-electron chi connectivity index (χ4n) is 2.35. The second-order valence-electron chi connectivity index (χ2n) is 5.48. The zero-order valence-electron chi connectivity index (χ0n) is 13.6. The van der Waals surface area contributed by atoms with Gasteiger partial charge in [0.1, 0.15) is 17.7 Å². The molecule has 0 aliphatic carbocycles. The standard InChI is InChI=1S/C15H23N3O4S/c1-10-8-18(9-11(2)22-10)14(19)12(6-16)7-17-13(15(20)21)4-5-23-3/h7,10-11,13,17H,4-5,8-9H2,1-3H3,(H,20,21)/b12-7-. The van der Waals surface area contributed by atoms with E-state index in [1.807, 2.05) is 26.2 Å².